The number of carbonyl (C=O) groups is 1. The molecule has 0 aromatic rings. The lowest BCUT2D eigenvalue weighted by Gasteiger charge is -2.16. The van der Waals surface area contributed by atoms with Gasteiger partial charge in [-0.15, -0.1) is 0 Å². The van der Waals surface area contributed by atoms with Gasteiger partial charge in [0.2, 0.25) is 6.29 Å². The molecule has 0 rings (SSSR count). The van der Waals surface area contributed by atoms with Crippen LogP contribution in [0.5, 0.6) is 0 Å². The van der Waals surface area contributed by atoms with Crippen LogP contribution in [0.4, 0.5) is 0 Å². The van der Waals surface area contributed by atoms with Gasteiger partial charge in [0, 0.05) is 12.5 Å². The second kappa shape index (κ2) is 8.75. The first-order valence-electron chi connectivity index (χ1n) is 5.19. The van der Waals surface area contributed by atoms with Crippen LogP contribution in [0.25, 0.3) is 0 Å². The standard InChI is InChI=1S/C11H20O3/c1-4-7-9-13-11(8-5-2)14-10(12)6-3/h6,11H,3-5,7-9H2,1-2H3. The van der Waals surface area contributed by atoms with Gasteiger partial charge < -0.3 is 9.47 Å². The van der Waals surface area contributed by atoms with Crippen molar-refractivity contribution in [2.45, 2.75) is 45.8 Å². The van der Waals surface area contributed by atoms with E-state index < -0.39 is 12.3 Å². The van der Waals surface area contributed by atoms with Gasteiger partial charge >= 0.3 is 5.97 Å². The third-order valence-corrected chi connectivity index (χ3v) is 1.74. The molecule has 0 aromatic heterocycles. The molecule has 0 aliphatic carbocycles. The summed E-state index contributed by atoms with van der Waals surface area (Å²) < 4.78 is 10.4. The predicted octanol–water partition coefficient (Wildman–Crippen LogP) is 2.66. The van der Waals surface area contributed by atoms with Crippen molar-refractivity contribution in [3.05, 3.63) is 12.7 Å². The molecule has 14 heavy (non-hydrogen) atoms. The van der Waals surface area contributed by atoms with Crippen molar-refractivity contribution in [2.24, 2.45) is 0 Å². The molecule has 0 amide bonds. The summed E-state index contributed by atoms with van der Waals surface area (Å²) in [6, 6.07) is 0. The lowest BCUT2D eigenvalue weighted by molar-refractivity contribution is -0.174. The SMILES string of the molecule is C=CC(=O)OC(CCC)OCCCC. The fraction of sp³-hybridized carbons (Fsp3) is 0.727. The molecule has 0 aliphatic rings. The molecule has 3 nitrogen and oxygen atoms in total. The summed E-state index contributed by atoms with van der Waals surface area (Å²) in [5.74, 6) is -0.417. The summed E-state index contributed by atoms with van der Waals surface area (Å²) in [5, 5.41) is 0. The third-order valence-electron chi connectivity index (χ3n) is 1.74. The Balaban J connectivity index is 3.76. The zero-order valence-corrected chi connectivity index (χ0v) is 9.12. The molecular weight excluding hydrogens is 180 g/mol. The Morgan fingerprint density at radius 3 is 2.64 bits per heavy atom. The maximum absolute atomic E-state index is 10.9. The Labute approximate surface area is 86.1 Å². The van der Waals surface area contributed by atoms with Gasteiger partial charge in [-0.05, 0) is 6.42 Å². The van der Waals surface area contributed by atoms with Crippen molar-refractivity contribution >= 4 is 5.97 Å². The van der Waals surface area contributed by atoms with Crippen molar-refractivity contribution in [1.29, 1.82) is 0 Å². The molecule has 0 N–H and O–H groups in total. The van der Waals surface area contributed by atoms with Crippen LogP contribution >= 0.6 is 0 Å². The molecule has 0 radical (unpaired) electrons. The summed E-state index contributed by atoms with van der Waals surface area (Å²) >= 11 is 0. The van der Waals surface area contributed by atoms with Crippen LogP contribution in [0.1, 0.15) is 39.5 Å². The Kier molecular flexibility index (Phi) is 8.24. The Morgan fingerprint density at radius 2 is 2.14 bits per heavy atom. The van der Waals surface area contributed by atoms with E-state index in [0.29, 0.717) is 6.61 Å². The van der Waals surface area contributed by atoms with E-state index in [0.717, 1.165) is 31.8 Å². The summed E-state index contributed by atoms with van der Waals surface area (Å²) in [6.45, 7) is 8.10. The summed E-state index contributed by atoms with van der Waals surface area (Å²) in [5.41, 5.74) is 0. The largest absolute Gasteiger partial charge is 0.433 e. The van der Waals surface area contributed by atoms with Crippen molar-refractivity contribution in [1.82, 2.24) is 0 Å². The van der Waals surface area contributed by atoms with E-state index in [2.05, 4.69) is 13.5 Å². The van der Waals surface area contributed by atoms with Crippen molar-refractivity contribution < 1.29 is 14.3 Å². The van der Waals surface area contributed by atoms with Crippen LogP contribution in [-0.2, 0) is 14.3 Å². The average Bonchev–Trinajstić information content (AvgIpc) is 2.18. The number of unbranched alkanes of at least 4 members (excludes halogenated alkanes) is 1. The Morgan fingerprint density at radius 1 is 1.43 bits per heavy atom. The quantitative estimate of drug-likeness (QED) is 0.261. The molecule has 0 saturated heterocycles. The van der Waals surface area contributed by atoms with E-state index in [4.69, 9.17) is 9.47 Å². The summed E-state index contributed by atoms with van der Waals surface area (Å²) in [4.78, 5) is 10.9. The van der Waals surface area contributed by atoms with E-state index >= 15 is 0 Å². The van der Waals surface area contributed by atoms with Gasteiger partial charge in [0.1, 0.15) is 0 Å². The first kappa shape index (κ1) is 13.2. The summed E-state index contributed by atoms with van der Waals surface area (Å²) in [7, 11) is 0. The van der Waals surface area contributed by atoms with E-state index in [-0.39, 0.29) is 0 Å². The normalized spacial score (nSPS) is 12.1. The van der Waals surface area contributed by atoms with E-state index in [1.807, 2.05) is 6.92 Å². The molecular formula is C11H20O3. The van der Waals surface area contributed by atoms with Crippen molar-refractivity contribution in [3.63, 3.8) is 0 Å². The Bertz CT molecular complexity index is 166. The lowest BCUT2D eigenvalue weighted by atomic mass is 10.3. The first-order valence-corrected chi connectivity index (χ1v) is 5.19. The minimum Gasteiger partial charge on any atom is -0.433 e. The van der Waals surface area contributed by atoms with E-state index in [1.165, 1.54) is 0 Å². The van der Waals surface area contributed by atoms with Crippen LogP contribution in [0.2, 0.25) is 0 Å². The van der Waals surface area contributed by atoms with Gasteiger partial charge in [0.25, 0.3) is 0 Å². The highest BCUT2D eigenvalue weighted by Crippen LogP contribution is 2.06. The molecule has 1 atom stereocenters. The first-order chi connectivity index (χ1) is 6.74. The van der Waals surface area contributed by atoms with Gasteiger partial charge in [-0.25, -0.2) is 4.79 Å². The highest BCUT2D eigenvalue weighted by molar-refractivity contribution is 5.81. The van der Waals surface area contributed by atoms with Crippen LogP contribution in [0, 0.1) is 0 Å². The predicted molar refractivity (Wildman–Crippen MR) is 55.8 cm³/mol. The van der Waals surface area contributed by atoms with E-state index in [9.17, 15) is 4.79 Å². The second-order valence-corrected chi connectivity index (χ2v) is 3.08. The van der Waals surface area contributed by atoms with Gasteiger partial charge in [-0.1, -0.05) is 33.3 Å². The van der Waals surface area contributed by atoms with Crippen LogP contribution in [-0.4, -0.2) is 18.9 Å². The Hall–Kier alpha value is -0.830. The maximum atomic E-state index is 10.9. The molecule has 0 aliphatic heterocycles. The van der Waals surface area contributed by atoms with E-state index in [1.54, 1.807) is 0 Å². The zero-order chi connectivity index (χ0) is 10.8. The van der Waals surface area contributed by atoms with Crippen molar-refractivity contribution in [2.75, 3.05) is 6.61 Å². The molecule has 1 unspecified atom stereocenters. The van der Waals surface area contributed by atoms with Gasteiger partial charge in [0.15, 0.2) is 0 Å². The minimum atomic E-state index is -0.417. The van der Waals surface area contributed by atoms with Gasteiger partial charge in [0.05, 0.1) is 6.61 Å². The molecule has 0 fully saturated rings. The van der Waals surface area contributed by atoms with Crippen molar-refractivity contribution in [3.8, 4) is 0 Å². The third kappa shape index (κ3) is 6.66. The fourth-order valence-electron chi connectivity index (χ4n) is 0.949. The average molecular weight is 200 g/mol. The fourth-order valence-corrected chi connectivity index (χ4v) is 0.949. The highest BCUT2D eigenvalue weighted by Gasteiger charge is 2.11. The number of hydrogen-bond acceptors (Lipinski definition) is 3. The maximum Gasteiger partial charge on any atom is 0.332 e. The number of hydrogen-bond donors (Lipinski definition) is 0. The lowest BCUT2D eigenvalue weighted by Crippen LogP contribution is -2.20. The second-order valence-electron chi connectivity index (χ2n) is 3.08. The van der Waals surface area contributed by atoms with Gasteiger partial charge in [-0.2, -0.15) is 0 Å². The van der Waals surface area contributed by atoms with Gasteiger partial charge in [-0.3, -0.25) is 0 Å². The van der Waals surface area contributed by atoms with Crippen LogP contribution in [0.15, 0.2) is 12.7 Å². The summed E-state index contributed by atoms with van der Waals surface area (Å²) in [6.07, 6.45) is 4.49. The smallest absolute Gasteiger partial charge is 0.332 e. The van der Waals surface area contributed by atoms with Crippen LogP contribution in [0.3, 0.4) is 0 Å². The number of carbonyl (C=O) groups excluding carboxylic acids is 1. The molecule has 0 bridgehead atoms. The molecule has 0 saturated carbocycles. The number of ether oxygens (including phenoxy) is 2. The topological polar surface area (TPSA) is 35.5 Å². The minimum absolute atomic E-state index is 0.406. The molecule has 0 spiro atoms. The number of esters is 1. The molecule has 0 aromatic carbocycles. The highest BCUT2D eigenvalue weighted by atomic mass is 16.7. The monoisotopic (exact) mass is 200 g/mol. The zero-order valence-electron chi connectivity index (χ0n) is 9.12. The molecule has 3 heteroatoms. The van der Waals surface area contributed by atoms with Crippen LogP contribution < -0.4 is 0 Å². The molecule has 82 valence electrons. The number of rotatable bonds is 8. The molecule has 0 heterocycles.